The van der Waals surface area contributed by atoms with Crippen molar-refractivity contribution in [1.82, 2.24) is 14.5 Å². The van der Waals surface area contributed by atoms with E-state index in [1.54, 1.807) is 0 Å². The fourth-order valence-electron chi connectivity index (χ4n) is 6.53. The van der Waals surface area contributed by atoms with Crippen LogP contribution >= 0.6 is 11.6 Å². The molecule has 0 saturated carbocycles. The van der Waals surface area contributed by atoms with Gasteiger partial charge in [0.25, 0.3) is 0 Å². The first-order valence-electron chi connectivity index (χ1n) is 14.2. The molecule has 0 bridgehead atoms. The molecule has 220 valence electrons. The number of benzene rings is 3. The molecule has 1 aliphatic carbocycles. The van der Waals surface area contributed by atoms with E-state index in [4.69, 9.17) is 21.3 Å². The summed E-state index contributed by atoms with van der Waals surface area (Å²) < 4.78 is 46.2. The number of carbonyl (C=O) groups excluding carboxylic acids is 1. The highest BCUT2D eigenvalue weighted by Gasteiger charge is 2.50. The molecule has 0 unspecified atom stereocenters. The van der Waals surface area contributed by atoms with Crippen LogP contribution in [0.15, 0.2) is 66.7 Å². The van der Waals surface area contributed by atoms with E-state index in [1.807, 2.05) is 73.8 Å². The third kappa shape index (κ3) is 5.24. The molecule has 10 heteroatoms. The number of anilines is 1. The first-order valence-corrected chi connectivity index (χ1v) is 14.6. The van der Waals surface area contributed by atoms with Crippen molar-refractivity contribution < 1.29 is 22.7 Å². The number of ether oxygens (including phenoxy) is 1. The first kappa shape index (κ1) is 28.6. The standard InChI is InChI=1S/C32H32ClF3N4O2/c1-38-28-13-12-22(33)20-27(28)37-30(38)40-18-16-39(17-19-40)15-7-6-14-31(29(41)42-21-32(34,35)36)25-10-4-2-8-23(25)24-9-3-5-11-26(24)31/h2-5,8-13,20H,6-7,14-19,21H2,1H3. The number of piperazine rings is 1. The Labute approximate surface area is 247 Å². The predicted molar refractivity (Wildman–Crippen MR) is 158 cm³/mol. The van der Waals surface area contributed by atoms with E-state index in [1.165, 1.54) is 0 Å². The van der Waals surface area contributed by atoms with Gasteiger partial charge < -0.3 is 14.2 Å². The van der Waals surface area contributed by atoms with Gasteiger partial charge in [-0.25, -0.2) is 4.98 Å². The quantitative estimate of drug-likeness (QED) is 0.170. The lowest BCUT2D eigenvalue weighted by Gasteiger charge is -2.35. The van der Waals surface area contributed by atoms with E-state index < -0.39 is 24.2 Å². The lowest BCUT2D eigenvalue weighted by atomic mass is 9.74. The number of alkyl halides is 3. The molecule has 3 aromatic carbocycles. The molecule has 6 rings (SSSR count). The number of aryl methyl sites for hydroxylation is 1. The van der Waals surface area contributed by atoms with Crippen molar-refractivity contribution in [3.8, 4) is 11.1 Å². The van der Waals surface area contributed by atoms with Crippen LogP contribution in [0.2, 0.25) is 5.02 Å². The summed E-state index contributed by atoms with van der Waals surface area (Å²) in [5, 5.41) is 0.664. The van der Waals surface area contributed by atoms with Crippen LogP contribution in [0.25, 0.3) is 22.2 Å². The van der Waals surface area contributed by atoms with Gasteiger partial charge in [-0.15, -0.1) is 0 Å². The maximum absolute atomic E-state index is 13.6. The van der Waals surface area contributed by atoms with E-state index in [9.17, 15) is 18.0 Å². The number of fused-ring (bicyclic) bond motifs is 4. The number of hydrogen-bond acceptors (Lipinski definition) is 5. The largest absolute Gasteiger partial charge is 0.455 e. The number of hydrogen-bond donors (Lipinski definition) is 0. The van der Waals surface area contributed by atoms with Crippen molar-refractivity contribution in [3.05, 3.63) is 82.9 Å². The minimum Gasteiger partial charge on any atom is -0.455 e. The lowest BCUT2D eigenvalue weighted by molar-refractivity contribution is -0.189. The second-order valence-corrected chi connectivity index (χ2v) is 11.5. The molecule has 6 nitrogen and oxygen atoms in total. The van der Waals surface area contributed by atoms with Crippen molar-refractivity contribution in [1.29, 1.82) is 0 Å². The zero-order valence-corrected chi connectivity index (χ0v) is 24.1. The van der Waals surface area contributed by atoms with Crippen LogP contribution in [0.1, 0.15) is 30.4 Å². The Hall–Kier alpha value is -3.56. The van der Waals surface area contributed by atoms with Gasteiger partial charge in [-0.2, -0.15) is 13.2 Å². The van der Waals surface area contributed by atoms with Gasteiger partial charge in [-0.1, -0.05) is 66.6 Å². The minimum atomic E-state index is -4.59. The summed E-state index contributed by atoms with van der Waals surface area (Å²) >= 11 is 6.16. The average molecular weight is 597 g/mol. The molecule has 4 aromatic rings. The van der Waals surface area contributed by atoms with Gasteiger partial charge in [0.15, 0.2) is 6.61 Å². The topological polar surface area (TPSA) is 50.6 Å². The number of nitrogens with zero attached hydrogens (tertiary/aromatic N) is 4. The number of unbranched alkanes of at least 4 members (excludes halogenated alkanes) is 1. The van der Waals surface area contributed by atoms with Crippen molar-refractivity contribution in [2.75, 3.05) is 44.2 Å². The molecule has 1 fully saturated rings. The number of esters is 1. The van der Waals surface area contributed by atoms with Gasteiger partial charge >= 0.3 is 12.1 Å². The van der Waals surface area contributed by atoms with E-state index in [0.29, 0.717) is 17.9 Å². The van der Waals surface area contributed by atoms with Gasteiger partial charge in [0.2, 0.25) is 5.95 Å². The molecule has 0 atom stereocenters. The normalized spacial score (nSPS) is 16.5. The number of halogens is 4. The van der Waals surface area contributed by atoms with Crippen LogP contribution in [0.5, 0.6) is 0 Å². The molecule has 0 amide bonds. The number of carbonyl (C=O) groups is 1. The summed E-state index contributed by atoms with van der Waals surface area (Å²) in [4.78, 5) is 23.0. The van der Waals surface area contributed by atoms with Crippen LogP contribution in [0.3, 0.4) is 0 Å². The molecule has 2 aliphatic rings. The summed E-state index contributed by atoms with van der Waals surface area (Å²) in [5.41, 5.74) is 3.83. The fraction of sp³-hybridized carbons (Fsp3) is 0.375. The Balaban J connectivity index is 1.12. The molecular formula is C32H32ClF3N4O2. The van der Waals surface area contributed by atoms with Gasteiger partial charge in [-0.05, 0) is 59.8 Å². The highest BCUT2D eigenvalue weighted by Crippen LogP contribution is 2.52. The Kier molecular flexibility index (Phi) is 7.66. The van der Waals surface area contributed by atoms with E-state index in [0.717, 1.165) is 78.4 Å². The van der Waals surface area contributed by atoms with E-state index >= 15 is 0 Å². The molecule has 0 radical (unpaired) electrons. The summed E-state index contributed by atoms with van der Waals surface area (Å²) in [6.45, 7) is 2.64. The second-order valence-electron chi connectivity index (χ2n) is 11.1. The molecule has 1 saturated heterocycles. The Morgan fingerprint density at radius 3 is 2.24 bits per heavy atom. The van der Waals surface area contributed by atoms with Crippen LogP contribution < -0.4 is 4.90 Å². The van der Waals surface area contributed by atoms with Crippen molar-refractivity contribution in [3.63, 3.8) is 0 Å². The Morgan fingerprint density at radius 2 is 1.60 bits per heavy atom. The molecule has 0 spiro atoms. The molecule has 0 N–H and O–H groups in total. The maximum Gasteiger partial charge on any atom is 0.422 e. The SMILES string of the molecule is Cn1c(N2CCN(CCCCC3(C(=O)OCC(F)(F)F)c4ccccc4-c4ccccc43)CC2)nc2cc(Cl)ccc21. The van der Waals surface area contributed by atoms with Crippen LogP contribution in [-0.2, 0) is 22.0 Å². The zero-order chi connectivity index (χ0) is 29.5. The molecule has 2 heterocycles. The molecule has 1 aromatic heterocycles. The lowest BCUT2D eigenvalue weighted by Crippen LogP contribution is -2.47. The first-order chi connectivity index (χ1) is 20.2. The van der Waals surface area contributed by atoms with Crippen molar-refractivity contribution in [2.45, 2.75) is 30.9 Å². The highest BCUT2D eigenvalue weighted by molar-refractivity contribution is 6.31. The van der Waals surface area contributed by atoms with Crippen molar-refractivity contribution in [2.24, 2.45) is 7.05 Å². The fourth-order valence-corrected chi connectivity index (χ4v) is 6.69. The monoisotopic (exact) mass is 596 g/mol. The van der Waals surface area contributed by atoms with Crippen LogP contribution in [0.4, 0.5) is 19.1 Å². The van der Waals surface area contributed by atoms with Gasteiger partial charge in [0.1, 0.15) is 5.41 Å². The predicted octanol–water partition coefficient (Wildman–Crippen LogP) is 6.59. The minimum absolute atomic E-state index is 0.375. The molecule has 1 aliphatic heterocycles. The third-order valence-electron chi connectivity index (χ3n) is 8.53. The van der Waals surface area contributed by atoms with E-state index in [-0.39, 0.29) is 0 Å². The highest BCUT2D eigenvalue weighted by atomic mass is 35.5. The Morgan fingerprint density at radius 1 is 0.952 bits per heavy atom. The molecule has 42 heavy (non-hydrogen) atoms. The van der Waals surface area contributed by atoms with Crippen LogP contribution in [0, 0.1) is 0 Å². The third-order valence-corrected chi connectivity index (χ3v) is 8.76. The molecular weight excluding hydrogens is 565 g/mol. The maximum atomic E-state index is 13.6. The number of imidazole rings is 1. The Bertz CT molecular complexity index is 1570. The smallest absolute Gasteiger partial charge is 0.422 e. The second kappa shape index (κ2) is 11.3. The van der Waals surface area contributed by atoms with Gasteiger partial charge in [0.05, 0.1) is 11.0 Å². The number of rotatable bonds is 8. The summed E-state index contributed by atoms with van der Waals surface area (Å²) in [7, 11) is 2.01. The van der Waals surface area contributed by atoms with Crippen LogP contribution in [-0.4, -0.2) is 65.9 Å². The van der Waals surface area contributed by atoms with Gasteiger partial charge in [-0.3, -0.25) is 9.69 Å². The summed E-state index contributed by atoms with van der Waals surface area (Å²) in [6.07, 6.45) is -2.75. The van der Waals surface area contributed by atoms with E-state index in [2.05, 4.69) is 14.4 Å². The summed E-state index contributed by atoms with van der Waals surface area (Å²) in [5.74, 6) is 0.0828. The summed E-state index contributed by atoms with van der Waals surface area (Å²) in [6, 6.07) is 20.7. The zero-order valence-electron chi connectivity index (χ0n) is 23.3. The number of aromatic nitrogens is 2. The van der Waals surface area contributed by atoms with Gasteiger partial charge in [0, 0.05) is 38.2 Å². The van der Waals surface area contributed by atoms with Crippen molar-refractivity contribution >= 4 is 34.6 Å². The average Bonchev–Trinajstić information content (AvgIpc) is 3.46.